The molecule has 2 unspecified atom stereocenters. The van der Waals surface area contributed by atoms with E-state index < -0.39 is 0 Å². The Morgan fingerprint density at radius 3 is 3.12 bits per heavy atom. The van der Waals surface area contributed by atoms with Gasteiger partial charge in [0.25, 0.3) is 0 Å². The maximum Gasteiger partial charge on any atom is 0.128 e. The van der Waals surface area contributed by atoms with Gasteiger partial charge in [-0.25, -0.2) is 4.98 Å². The Kier molecular flexibility index (Phi) is 3.02. The van der Waals surface area contributed by atoms with Crippen LogP contribution >= 0.6 is 0 Å². The first-order valence-electron chi connectivity index (χ1n) is 6.74. The first-order valence-corrected chi connectivity index (χ1v) is 6.74. The van der Waals surface area contributed by atoms with Gasteiger partial charge in [-0.2, -0.15) is 0 Å². The van der Waals surface area contributed by atoms with Crippen molar-refractivity contribution in [1.29, 1.82) is 0 Å². The summed E-state index contributed by atoms with van der Waals surface area (Å²) in [5.41, 5.74) is 1.24. The molecule has 0 saturated carbocycles. The van der Waals surface area contributed by atoms with Gasteiger partial charge >= 0.3 is 0 Å². The second kappa shape index (κ2) is 4.65. The van der Waals surface area contributed by atoms with Gasteiger partial charge in [0.15, 0.2) is 0 Å². The maximum atomic E-state index is 4.55. The van der Waals surface area contributed by atoms with E-state index in [1.165, 1.54) is 37.9 Å². The van der Waals surface area contributed by atoms with Gasteiger partial charge in [0.05, 0.1) is 0 Å². The van der Waals surface area contributed by atoms with Crippen molar-refractivity contribution in [2.24, 2.45) is 5.92 Å². The Balaban J connectivity index is 1.71. The van der Waals surface area contributed by atoms with Crippen LogP contribution in [0.1, 0.15) is 24.8 Å². The summed E-state index contributed by atoms with van der Waals surface area (Å²) in [6.45, 7) is 5.62. The summed E-state index contributed by atoms with van der Waals surface area (Å²) in [6.07, 6.45) is 5.94. The molecule has 2 aliphatic heterocycles. The van der Waals surface area contributed by atoms with Gasteiger partial charge in [-0.05, 0) is 50.3 Å². The minimum atomic E-state index is 0.755. The molecule has 0 radical (unpaired) electrons. The molecule has 1 N–H and O–H groups in total. The smallest absolute Gasteiger partial charge is 0.128 e. The molecule has 0 aromatic carbocycles. The van der Waals surface area contributed by atoms with Crippen LogP contribution in [0, 0.1) is 12.8 Å². The summed E-state index contributed by atoms with van der Waals surface area (Å²) in [6, 6.07) is 5.07. The Morgan fingerprint density at radius 1 is 1.35 bits per heavy atom. The number of nitrogens with one attached hydrogen (secondary N) is 1. The van der Waals surface area contributed by atoms with Crippen LogP contribution in [0.2, 0.25) is 0 Å². The van der Waals surface area contributed by atoms with Crippen molar-refractivity contribution in [1.82, 2.24) is 10.3 Å². The highest BCUT2D eigenvalue weighted by atomic mass is 15.2. The fourth-order valence-electron chi connectivity index (χ4n) is 3.10. The van der Waals surface area contributed by atoms with Gasteiger partial charge < -0.3 is 10.2 Å². The van der Waals surface area contributed by atoms with Crippen molar-refractivity contribution in [2.75, 3.05) is 24.5 Å². The molecule has 2 atom stereocenters. The third-order valence-corrected chi connectivity index (χ3v) is 4.11. The Morgan fingerprint density at radius 2 is 2.29 bits per heavy atom. The molecule has 17 heavy (non-hydrogen) atoms. The fourth-order valence-corrected chi connectivity index (χ4v) is 3.10. The molecular formula is C14H21N3. The van der Waals surface area contributed by atoms with Crippen LogP contribution in [0.25, 0.3) is 0 Å². The molecule has 1 aromatic heterocycles. The number of fused-ring (bicyclic) bond motifs is 1. The monoisotopic (exact) mass is 231 g/mol. The van der Waals surface area contributed by atoms with Crippen molar-refractivity contribution in [2.45, 2.75) is 32.2 Å². The predicted octanol–water partition coefficient (Wildman–Crippen LogP) is 1.97. The van der Waals surface area contributed by atoms with E-state index in [9.17, 15) is 0 Å². The molecule has 3 heteroatoms. The van der Waals surface area contributed by atoms with Crippen molar-refractivity contribution in [3.8, 4) is 0 Å². The molecule has 1 aromatic rings. The largest absolute Gasteiger partial charge is 0.356 e. The van der Waals surface area contributed by atoms with Gasteiger partial charge in [0, 0.05) is 25.3 Å². The third kappa shape index (κ3) is 2.29. The van der Waals surface area contributed by atoms with E-state index in [1.807, 2.05) is 6.20 Å². The zero-order valence-corrected chi connectivity index (χ0v) is 10.5. The van der Waals surface area contributed by atoms with Gasteiger partial charge in [-0.1, -0.05) is 6.07 Å². The number of hydrogen-bond acceptors (Lipinski definition) is 3. The first kappa shape index (κ1) is 11.0. The van der Waals surface area contributed by atoms with Gasteiger partial charge in [-0.15, -0.1) is 0 Å². The van der Waals surface area contributed by atoms with Crippen LogP contribution < -0.4 is 10.2 Å². The number of aryl methyl sites for hydroxylation is 1. The summed E-state index contributed by atoms with van der Waals surface area (Å²) in [4.78, 5) is 7.00. The lowest BCUT2D eigenvalue weighted by Gasteiger charge is -2.42. The highest BCUT2D eigenvalue weighted by molar-refractivity contribution is 5.40. The van der Waals surface area contributed by atoms with Crippen LogP contribution in [-0.4, -0.2) is 30.7 Å². The highest BCUT2D eigenvalue weighted by Crippen LogP contribution is 2.27. The summed E-state index contributed by atoms with van der Waals surface area (Å²) in [5.74, 6) is 1.97. The molecule has 2 aliphatic rings. The van der Waals surface area contributed by atoms with Crippen molar-refractivity contribution in [3.63, 3.8) is 0 Å². The molecule has 3 nitrogen and oxygen atoms in total. The number of rotatable bonds is 1. The zero-order chi connectivity index (χ0) is 11.7. The number of anilines is 1. The second-order valence-corrected chi connectivity index (χ2v) is 5.39. The molecule has 2 fully saturated rings. The normalized spacial score (nSPS) is 28.9. The first-order chi connectivity index (χ1) is 8.33. The summed E-state index contributed by atoms with van der Waals surface area (Å²) >= 11 is 0. The van der Waals surface area contributed by atoms with Crippen LogP contribution in [0.4, 0.5) is 5.82 Å². The van der Waals surface area contributed by atoms with Crippen LogP contribution in [-0.2, 0) is 0 Å². The number of nitrogens with zero attached hydrogens (tertiary/aromatic N) is 2. The van der Waals surface area contributed by atoms with E-state index in [0.29, 0.717) is 0 Å². The molecular weight excluding hydrogens is 210 g/mol. The van der Waals surface area contributed by atoms with Gasteiger partial charge in [0.2, 0.25) is 0 Å². The maximum absolute atomic E-state index is 4.55. The average Bonchev–Trinajstić information content (AvgIpc) is 2.39. The summed E-state index contributed by atoms with van der Waals surface area (Å²) < 4.78 is 0. The lowest BCUT2D eigenvalue weighted by atomic mass is 9.85. The quantitative estimate of drug-likeness (QED) is 0.801. The second-order valence-electron chi connectivity index (χ2n) is 5.39. The van der Waals surface area contributed by atoms with Crippen LogP contribution in [0.3, 0.4) is 0 Å². The van der Waals surface area contributed by atoms with Gasteiger partial charge in [-0.3, -0.25) is 0 Å². The standard InChI is InChI=1S/C14H21N3/c1-11-4-5-14(16-9-11)17-8-6-13-12(10-17)3-2-7-15-13/h4-5,9,12-13,15H,2-3,6-8,10H2,1H3. The predicted molar refractivity (Wildman–Crippen MR) is 70.3 cm³/mol. The number of pyridine rings is 1. The number of hydrogen-bond donors (Lipinski definition) is 1. The van der Waals surface area contributed by atoms with Crippen molar-refractivity contribution >= 4 is 5.82 Å². The molecule has 0 spiro atoms. The van der Waals surface area contributed by atoms with Crippen LogP contribution in [0.15, 0.2) is 18.3 Å². The molecule has 2 saturated heterocycles. The third-order valence-electron chi connectivity index (χ3n) is 4.11. The zero-order valence-electron chi connectivity index (χ0n) is 10.5. The van der Waals surface area contributed by atoms with Crippen molar-refractivity contribution < 1.29 is 0 Å². The molecule has 0 aliphatic carbocycles. The number of aromatic nitrogens is 1. The van der Waals surface area contributed by atoms with Gasteiger partial charge in [0.1, 0.15) is 5.82 Å². The van der Waals surface area contributed by atoms with E-state index in [0.717, 1.165) is 24.3 Å². The Hall–Kier alpha value is -1.09. The summed E-state index contributed by atoms with van der Waals surface area (Å²) in [5, 5.41) is 3.66. The van der Waals surface area contributed by atoms with E-state index in [1.54, 1.807) is 0 Å². The van der Waals surface area contributed by atoms with Crippen molar-refractivity contribution in [3.05, 3.63) is 23.9 Å². The minimum Gasteiger partial charge on any atom is -0.356 e. The fraction of sp³-hybridized carbons (Fsp3) is 0.643. The summed E-state index contributed by atoms with van der Waals surface area (Å²) in [7, 11) is 0. The molecule has 3 heterocycles. The molecule has 3 rings (SSSR count). The van der Waals surface area contributed by atoms with E-state index in [4.69, 9.17) is 0 Å². The Bertz CT molecular complexity index is 374. The lowest BCUT2D eigenvalue weighted by Crippen LogP contribution is -2.52. The van der Waals surface area contributed by atoms with E-state index >= 15 is 0 Å². The lowest BCUT2D eigenvalue weighted by molar-refractivity contribution is 0.244. The average molecular weight is 231 g/mol. The molecule has 0 amide bonds. The minimum absolute atomic E-state index is 0.755. The van der Waals surface area contributed by atoms with E-state index in [-0.39, 0.29) is 0 Å². The molecule has 92 valence electrons. The van der Waals surface area contributed by atoms with Crippen LogP contribution in [0.5, 0.6) is 0 Å². The Labute approximate surface area is 103 Å². The topological polar surface area (TPSA) is 28.2 Å². The SMILES string of the molecule is Cc1ccc(N2CCC3NCCCC3C2)nc1. The highest BCUT2D eigenvalue weighted by Gasteiger charge is 2.31. The molecule has 0 bridgehead atoms. The number of piperidine rings is 2. The van der Waals surface area contributed by atoms with E-state index in [2.05, 4.69) is 34.3 Å².